The number of hydrogen-bond donors (Lipinski definition) is 1. The molecule has 0 bridgehead atoms. The van der Waals surface area contributed by atoms with Gasteiger partial charge in [0.15, 0.2) is 0 Å². The van der Waals surface area contributed by atoms with Gasteiger partial charge in [0.05, 0.1) is 5.69 Å². The molecule has 0 spiro atoms. The second-order valence-electron chi connectivity index (χ2n) is 2.25. The minimum absolute atomic E-state index is 0.219. The molecule has 4 nitrogen and oxygen atoms in total. The van der Waals surface area contributed by atoms with E-state index in [0.717, 1.165) is 0 Å². The van der Waals surface area contributed by atoms with Crippen LogP contribution in [0.5, 0.6) is 0 Å². The predicted octanol–water partition coefficient (Wildman–Crippen LogP) is 1.47. The van der Waals surface area contributed by atoms with Gasteiger partial charge in [0.1, 0.15) is 0 Å². The fraction of sp³-hybridized carbons (Fsp3) is 0.250. The molecule has 0 aromatic carbocycles. The first-order valence-corrected chi connectivity index (χ1v) is 3.58. The first-order chi connectivity index (χ1) is 5.77. The maximum Gasteiger partial charge on any atom is 0.341 e. The van der Waals surface area contributed by atoms with Crippen molar-refractivity contribution in [2.45, 2.75) is 13.3 Å². The van der Waals surface area contributed by atoms with E-state index in [1.165, 1.54) is 11.3 Å². The summed E-state index contributed by atoms with van der Waals surface area (Å²) in [6.45, 7) is 1.60. The van der Waals surface area contributed by atoms with Crippen LogP contribution >= 0.6 is 0 Å². The molecule has 64 valence electrons. The van der Waals surface area contributed by atoms with Gasteiger partial charge in [-0.2, -0.15) is 5.26 Å². The van der Waals surface area contributed by atoms with Gasteiger partial charge < -0.3 is 4.89 Å². The Labute approximate surface area is 69.7 Å². The van der Waals surface area contributed by atoms with Gasteiger partial charge in [-0.1, -0.05) is 6.92 Å². The summed E-state index contributed by atoms with van der Waals surface area (Å²) in [5, 5.41) is 7.49. The SMILES string of the molecule is CCC(=O)OO.c1cc2ncc1-2. The van der Waals surface area contributed by atoms with Gasteiger partial charge in [-0.15, -0.1) is 0 Å². The molecule has 0 fully saturated rings. The van der Waals surface area contributed by atoms with E-state index >= 15 is 0 Å². The van der Waals surface area contributed by atoms with Crippen LogP contribution in [-0.2, 0) is 9.68 Å². The molecule has 12 heavy (non-hydrogen) atoms. The molecule has 0 saturated heterocycles. The fourth-order valence-corrected chi connectivity index (χ4v) is 0.618. The fourth-order valence-electron chi connectivity index (χ4n) is 0.618. The number of nitrogens with zero attached hydrogens (tertiary/aromatic N) is 1. The molecule has 1 aliphatic carbocycles. The van der Waals surface area contributed by atoms with Crippen molar-refractivity contribution >= 4 is 5.97 Å². The maximum absolute atomic E-state index is 9.71. The number of carbonyl (C=O) groups excluding carboxylic acids is 1. The zero-order valence-corrected chi connectivity index (χ0v) is 6.65. The molecule has 0 atom stereocenters. The third kappa shape index (κ3) is 1.79. The predicted molar refractivity (Wildman–Crippen MR) is 42.2 cm³/mol. The Hall–Kier alpha value is -1.42. The third-order valence-electron chi connectivity index (χ3n) is 1.45. The van der Waals surface area contributed by atoms with E-state index in [0.29, 0.717) is 0 Å². The van der Waals surface area contributed by atoms with E-state index in [2.05, 4.69) is 15.9 Å². The monoisotopic (exact) mass is 167 g/mol. The van der Waals surface area contributed by atoms with Gasteiger partial charge in [-0.05, 0) is 12.1 Å². The Morgan fingerprint density at radius 3 is 2.33 bits per heavy atom. The Kier molecular flexibility index (Phi) is 2.76. The third-order valence-corrected chi connectivity index (χ3v) is 1.45. The van der Waals surface area contributed by atoms with E-state index in [-0.39, 0.29) is 6.42 Å². The van der Waals surface area contributed by atoms with Crippen molar-refractivity contribution < 1.29 is 14.9 Å². The van der Waals surface area contributed by atoms with E-state index < -0.39 is 5.97 Å². The summed E-state index contributed by atoms with van der Waals surface area (Å²) in [5.41, 5.74) is 2.49. The molecule has 2 aliphatic rings. The lowest BCUT2D eigenvalue weighted by Crippen LogP contribution is -1.95. The molecule has 0 amide bonds. The Morgan fingerprint density at radius 2 is 2.33 bits per heavy atom. The number of aromatic nitrogens is 1. The maximum atomic E-state index is 9.71. The van der Waals surface area contributed by atoms with E-state index in [9.17, 15) is 4.79 Å². The number of hydrogen-bond acceptors (Lipinski definition) is 4. The molecule has 0 saturated carbocycles. The lowest BCUT2D eigenvalue weighted by molar-refractivity contribution is -0.233. The van der Waals surface area contributed by atoms with Crippen LogP contribution in [0.3, 0.4) is 0 Å². The smallest absolute Gasteiger partial charge is 0.301 e. The van der Waals surface area contributed by atoms with Gasteiger partial charge in [0, 0.05) is 18.2 Å². The Morgan fingerprint density at radius 1 is 1.67 bits per heavy atom. The normalized spacial score (nSPS) is 9.50. The van der Waals surface area contributed by atoms with Crippen molar-refractivity contribution in [2.24, 2.45) is 0 Å². The van der Waals surface area contributed by atoms with Crippen LogP contribution in [0.4, 0.5) is 0 Å². The summed E-state index contributed by atoms with van der Waals surface area (Å²) in [6, 6.07) is 4.07. The largest absolute Gasteiger partial charge is 0.341 e. The van der Waals surface area contributed by atoms with Crippen molar-refractivity contribution in [3.63, 3.8) is 0 Å². The van der Waals surface area contributed by atoms with Gasteiger partial charge in [0.25, 0.3) is 0 Å². The molecule has 0 aromatic heterocycles. The zero-order chi connectivity index (χ0) is 8.97. The van der Waals surface area contributed by atoms with E-state index in [4.69, 9.17) is 5.26 Å². The van der Waals surface area contributed by atoms with Crippen LogP contribution in [-0.4, -0.2) is 16.2 Å². The minimum Gasteiger partial charge on any atom is -0.301 e. The van der Waals surface area contributed by atoms with Crippen LogP contribution in [0.1, 0.15) is 13.3 Å². The van der Waals surface area contributed by atoms with Crippen LogP contribution in [0, 0.1) is 0 Å². The average molecular weight is 167 g/mol. The number of fused-ring (bicyclic) bond motifs is 1. The number of carbonyl (C=O) groups is 1. The highest BCUT2D eigenvalue weighted by Crippen LogP contribution is 2.25. The molecule has 2 rings (SSSR count). The molecule has 0 aromatic rings. The van der Waals surface area contributed by atoms with Gasteiger partial charge >= 0.3 is 5.97 Å². The molecule has 1 N–H and O–H groups in total. The molecule has 4 heteroatoms. The molecule has 0 radical (unpaired) electrons. The lowest BCUT2D eigenvalue weighted by atomic mass is 10.1. The summed E-state index contributed by atoms with van der Waals surface area (Å²) < 4.78 is 0. The Balaban J connectivity index is 0.000000120. The lowest BCUT2D eigenvalue weighted by Gasteiger charge is -2.08. The second kappa shape index (κ2) is 3.82. The zero-order valence-electron chi connectivity index (χ0n) is 6.65. The average Bonchev–Trinajstić information content (AvgIpc) is 2.10. The highest BCUT2D eigenvalue weighted by Gasteiger charge is 2.06. The van der Waals surface area contributed by atoms with Gasteiger partial charge in [-0.3, -0.25) is 4.98 Å². The molecular formula is C8H9NO3. The number of rotatable bonds is 1. The summed E-state index contributed by atoms with van der Waals surface area (Å²) in [6.07, 6.45) is 2.09. The standard InChI is InChI=1S/C5H3N.C3H6O3/c1-2-5-4(1)3-6-5;1-2-3(4)6-5/h1-3H;5H,2H2,1H3. The van der Waals surface area contributed by atoms with Gasteiger partial charge in [0.2, 0.25) is 0 Å². The first kappa shape index (κ1) is 8.67. The summed E-state index contributed by atoms with van der Waals surface area (Å²) >= 11 is 0. The van der Waals surface area contributed by atoms with Crippen LogP contribution in [0.15, 0.2) is 18.3 Å². The summed E-state index contributed by atoms with van der Waals surface area (Å²) in [5.74, 6) is -0.602. The quantitative estimate of drug-likeness (QED) is 0.516. The molecular weight excluding hydrogens is 158 g/mol. The molecule has 1 aliphatic heterocycles. The van der Waals surface area contributed by atoms with Crippen molar-refractivity contribution in [3.05, 3.63) is 18.3 Å². The van der Waals surface area contributed by atoms with Crippen LogP contribution in [0.2, 0.25) is 0 Å². The topological polar surface area (TPSA) is 59.4 Å². The second-order valence-corrected chi connectivity index (χ2v) is 2.25. The highest BCUT2D eigenvalue weighted by atomic mass is 17.1. The van der Waals surface area contributed by atoms with E-state index in [1.807, 2.05) is 12.3 Å². The van der Waals surface area contributed by atoms with Gasteiger partial charge in [-0.25, -0.2) is 4.79 Å². The summed E-state index contributed by atoms with van der Waals surface area (Å²) in [4.78, 5) is 16.9. The highest BCUT2D eigenvalue weighted by molar-refractivity contribution is 5.68. The Bertz CT molecular complexity index is 241. The number of pyridine rings is 1. The minimum atomic E-state index is -0.602. The molecule has 0 unspecified atom stereocenters. The van der Waals surface area contributed by atoms with E-state index in [1.54, 1.807) is 6.92 Å². The van der Waals surface area contributed by atoms with Crippen molar-refractivity contribution in [1.82, 2.24) is 4.98 Å². The van der Waals surface area contributed by atoms with Crippen LogP contribution in [0.25, 0.3) is 11.3 Å². The van der Waals surface area contributed by atoms with Crippen molar-refractivity contribution in [1.29, 1.82) is 0 Å². The van der Waals surface area contributed by atoms with Crippen molar-refractivity contribution in [3.8, 4) is 11.3 Å². The first-order valence-electron chi connectivity index (χ1n) is 3.58. The van der Waals surface area contributed by atoms with Crippen molar-refractivity contribution in [2.75, 3.05) is 0 Å². The van der Waals surface area contributed by atoms with Crippen LogP contribution < -0.4 is 0 Å². The summed E-state index contributed by atoms with van der Waals surface area (Å²) in [7, 11) is 0. The molecule has 1 heterocycles.